The average Bonchev–Trinajstić information content (AvgIpc) is 2.66. The Hall–Kier alpha value is -3.75. The molecule has 0 aliphatic rings. The lowest BCUT2D eigenvalue weighted by molar-refractivity contribution is -0.385. The van der Waals surface area contributed by atoms with Crippen LogP contribution in [0.4, 0.5) is 10.5 Å². The van der Waals surface area contributed by atoms with Crippen molar-refractivity contribution in [1.29, 1.82) is 0 Å². The van der Waals surface area contributed by atoms with E-state index in [0.717, 1.165) is 0 Å². The van der Waals surface area contributed by atoms with Gasteiger partial charge >= 0.3 is 12.0 Å². The van der Waals surface area contributed by atoms with Crippen molar-refractivity contribution in [3.05, 3.63) is 75.8 Å². The first kappa shape index (κ1) is 19.6. The number of nitro groups is 1. The molecule has 2 aromatic rings. The van der Waals surface area contributed by atoms with E-state index < -0.39 is 35.4 Å². The molecule has 9 heteroatoms. The van der Waals surface area contributed by atoms with Crippen LogP contribution in [0, 0.1) is 10.1 Å². The van der Waals surface area contributed by atoms with E-state index in [1.165, 1.54) is 25.2 Å². The normalized spacial score (nSPS) is 11.1. The highest BCUT2D eigenvalue weighted by atomic mass is 16.6. The highest BCUT2D eigenvalue weighted by molar-refractivity contribution is 5.97. The first-order valence-corrected chi connectivity index (χ1v) is 7.91. The number of carbonyl (C=O) groups excluding carboxylic acids is 3. The van der Waals surface area contributed by atoms with Crippen LogP contribution in [0.1, 0.15) is 17.2 Å². The number of hydrogen-bond acceptors (Lipinski definition) is 6. The van der Waals surface area contributed by atoms with Crippen molar-refractivity contribution in [2.45, 2.75) is 12.5 Å². The molecular weight excluding hydrogens is 354 g/mol. The van der Waals surface area contributed by atoms with Gasteiger partial charge in [0.1, 0.15) is 0 Å². The van der Waals surface area contributed by atoms with Crippen molar-refractivity contribution in [2.75, 3.05) is 7.05 Å². The fourth-order valence-electron chi connectivity index (χ4n) is 2.31. The van der Waals surface area contributed by atoms with E-state index in [2.05, 4.69) is 10.6 Å². The number of rotatable bonds is 6. The first-order chi connectivity index (χ1) is 12.9. The maximum absolute atomic E-state index is 12.3. The van der Waals surface area contributed by atoms with E-state index in [1.54, 1.807) is 36.4 Å². The van der Waals surface area contributed by atoms with Crippen LogP contribution < -0.4 is 10.6 Å². The smallest absolute Gasteiger partial charge is 0.321 e. The fourth-order valence-corrected chi connectivity index (χ4v) is 2.31. The van der Waals surface area contributed by atoms with Crippen molar-refractivity contribution in [3.8, 4) is 0 Å². The molecule has 2 N–H and O–H groups in total. The van der Waals surface area contributed by atoms with Crippen LogP contribution in [0.3, 0.4) is 0 Å². The van der Waals surface area contributed by atoms with Gasteiger partial charge in [0.25, 0.3) is 11.6 Å². The van der Waals surface area contributed by atoms with Crippen molar-refractivity contribution < 1.29 is 24.0 Å². The summed E-state index contributed by atoms with van der Waals surface area (Å²) < 4.78 is 5.23. The van der Waals surface area contributed by atoms with E-state index in [4.69, 9.17) is 4.74 Å². The van der Waals surface area contributed by atoms with E-state index in [1.807, 2.05) is 0 Å². The second-order valence-electron chi connectivity index (χ2n) is 5.41. The number of benzene rings is 2. The first-order valence-electron chi connectivity index (χ1n) is 7.91. The van der Waals surface area contributed by atoms with Crippen molar-refractivity contribution >= 4 is 23.6 Å². The van der Waals surface area contributed by atoms with Gasteiger partial charge in [-0.25, -0.2) is 4.79 Å². The van der Waals surface area contributed by atoms with Gasteiger partial charge in [-0.2, -0.15) is 0 Å². The number of para-hydroxylation sites is 1. The molecule has 0 aliphatic heterocycles. The van der Waals surface area contributed by atoms with Crippen LogP contribution in [-0.2, 0) is 20.7 Å². The monoisotopic (exact) mass is 371 g/mol. The van der Waals surface area contributed by atoms with Gasteiger partial charge < -0.3 is 10.1 Å². The molecule has 0 bridgehead atoms. The molecule has 2 rings (SSSR count). The van der Waals surface area contributed by atoms with Gasteiger partial charge in [-0.3, -0.25) is 25.0 Å². The highest BCUT2D eigenvalue weighted by Crippen LogP contribution is 2.22. The van der Waals surface area contributed by atoms with Crippen molar-refractivity contribution in [2.24, 2.45) is 0 Å². The fraction of sp³-hybridized carbons (Fsp3) is 0.167. The maximum Gasteiger partial charge on any atom is 0.321 e. The number of carbonyl (C=O) groups is 3. The number of amides is 3. The van der Waals surface area contributed by atoms with E-state index >= 15 is 0 Å². The molecule has 9 nitrogen and oxygen atoms in total. The Morgan fingerprint density at radius 2 is 1.70 bits per heavy atom. The molecule has 0 heterocycles. The Labute approximate surface area is 154 Å². The molecule has 140 valence electrons. The van der Waals surface area contributed by atoms with Gasteiger partial charge in [-0.15, -0.1) is 0 Å². The predicted octanol–water partition coefficient (Wildman–Crippen LogP) is 1.88. The minimum Gasteiger partial charge on any atom is -0.447 e. The maximum atomic E-state index is 12.3. The van der Waals surface area contributed by atoms with Crippen molar-refractivity contribution in [3.63, 3.8) is 0 Å². The summed E-state index contributed by atoms with van der Waals surface area (Å²) in [5.74, 6) is -1.68. The number of nitrogens with one attached hydrogen (secondary N) is 2. The average molecular weight is 371 g/mol. The molecule has 0 fully saturated rings. The summed E-state index contributed by atoms with van der Waals surface area (Å²) in [6, 6.07) is 13.1. The van der Waals surface area contributed by atoms with E-state index in [0.29, 0.717) is 5.56 Å². The van der Waals surface area contributed by atoms with Gasteiger partial charge in [0.2, 0.25) is 6.10 Å². The van der Waals surface area contributed by atoms with Crippen molar-refractivity contribution in [1.82, 2.24) is 10.6 Å². The molecule has 1 atom stereocenters. The van der Waals surface area contributed by atoms with Crippen LogP contribution in [0.5, 0.6) is 0 Å². The highest BCUT2D eigenvalue weighted by Gasteiger charge is 2.27. The summed E-state index contributed by atoms with van der Waals surface area (Å²) in [6.07, 6.45) is -1.77. The topological polar surface area (TPSA) is 128 Å². The quantitative estimate of drug-likeness (QED) is 0.453. The molecule has 0 aromatic heterocycles. The van der Waals surface area contributed by atoms with Gasteiger partial charge in [0.15, 0.2) is 0 Å². The molecule has 0 aliphatic carbocycles. The Bertz CT molecular complexity index is 853. The summed E-state index contributed by atoms with van der Waals surface area (Å²) >= 11 is 0. The Balaban J connectivity index is 2.20. The van der Waals surface area contributed by atoms with Crippen LogP contribution in [0.15, 0.2) is 54.6 Å². The molecule has 0 unspecified atom stereocenters. The van der Waals surface area contributed by atoms with Gasteiger partial charge in [-0.1, -0.05) is 48.5 Å². The second kappa shape index (κ2) is 9.09. The Morgan fingerprint density at radius 1 is 1.07 bits per heavy atom. The zero-order valence-corrected chi connectivity index (χ0v) is 14.4. The van der Waals surface area contributed by atoms with Gasteiger partial charge in [-0.05, 0) is 0 Å². The lowest BCUT2D eigenvalue weighted by atomic mass is 10.1. The molecule has 3 amide bonds. The lowest BCUT2D eigenvalue weighted by Gasteiger charge is -2.17. The SMILES string of the molecule is CNC(=O)NC(=O)[C@@H](OC(=O)Cc1ccccc1[N+](=O)[O-])c1ccccc1. The summed E-state index contributed by atoms with van der Waals surface area (Å²) in [6.45, 7) is 0. The molecule has 0 saturated heterocycles. The molecule has 2 aromatic carbocycles. The van der Waals surface area contributed by atoms with Crippen LogP contribution in [-0.4, -0.2) is 29.9 Å². The third-order valence-corrected chi connectivity index (χ3v) is 3.58. The second-order valence-corrected chi connectivity index (χ2v) is 5.41. The summed E-state index contributed by atoms with van der Waals surface area (Å²) in [4.78, 5) is 46.5. The van der Waals surface area contributed by atoms with Crippen LogP contribution in [0.2, 0.25) is 0 Å². The number of esters is 1. The standard InChI is InChI=1S/C18H17N3O6/c1-19-18(24)20-17(23)16(12-7-3-2-4-8-12)27-15(22)11-13-9-5-6-10-14(13)21(25)26/h2-10,16H,11H2,1H3,(H2,19,20,23,24)/t16-/m0/s1. The van der Waals surface area contributed by atoms with E-state index in [-0.39, 0.29) is 11.3 Å². The number of nitro benzene ring substituents is 1. The summed E-state index contributed by atoms with van der Waals surface area (Å²) in [5, 5.41) is 15.3. The minimum absolute atomic E-state index is 0.158. The number of nitrogens with zero attached hydrogens (tertiary/aromatic N) is 1. The zero-order valence-electron chi connectivity index (χ0n) is 14.4. The molecule has 27 heavy (non-hydrogen) atoms. The minimum atomic E-state index is -1.38. The zero-order chi connectivity index (χ0) is 19.8. The van der Waals surface area contributed by atoms with Crippen LogP contribution in [0.25, 0.3) is 0 Å². The number of urea groups is 1. The molecule has 0 saturated carbocycles. The van der Waals surface area contributed by atoms with Crippen LogP contribution >= 0.6 is 0 Å². The predicted molar refractivity (Wildman–Crippen MR) is 94.7 cm³/mol. The van der Waals surface area contributed by atoms with Gasteiger partial charge in [0, 0.05) is 24.2 Å². The Morgan fingerprint density at radius 3 is 2.33 bits per heavy atom. The van der Waals surface area contributed by atoms with E-state index in [9.17, 15) is 24.5 Å². The van der Waals surface area contributed by atoms with Gasteiger partial charge in [0.05, 0.1) is 11.3 Å². The Kier molecular flexibility index (Phi) is 6.59. The number of hydrogen-bond donors (Lipinski definition) is 2. The molecule has 0 spiro atoms. The summed E-state index contributed by atoms with van der Waals surface area (Å²) in [7, 11) is 1.33. The molecular formula is C18H17N3O6. The number of ether oxygens (including phenoxy) is 1. The summed E-state index contributed by atoms with van der Waals surface area (Å²) in [5.41, 5.74) is 0.293. The lowest BCUT2D eigenvalue weighted by Crippen LogP contribution is -2.41. The third-order valence-electron chi connectivity index (χ3n) is 3.58. The third kappa shape index (κ3) is 5.36. The largest absolute Gasteiger partial charge is 0.447 e. The molecule has 0 radical (unpaired) electrons. The number of imide groups is 1.